The molecule has 0 radical (unpaired) electrons. The van der Waals surface area contributed by atoms with Crippen molar-refractivity contribution in [3.05, 3.63) is 59.7 Å². The minimum absolute atomic E-state index is 0.0177. The van der Waals surface area contributed by atoms with Crippen LogP contribution in [0.25, 0.3) is 0 Å². The third kappa shape index (κ3) is 6.14. The van der Waals surface area contributed by atoms with Crippen LogP contribution in [0, 0.1) is 0 Å². The smallest absolute Gasteiger partial charge is 0.248 e. The molecule has 0 spiro atoms. The molecule has 0 saturated heterocycles. The lowest BCUT2D eigenvalue weighted by Crippen LogP contribution is -2.36. The molecule has 2 amide bonds. The summed E-state index contributed by atoms with van der Waals surface area (Å²) < 4.78 is 27.9. The summed E-state index contributed by atoms with van der Waals surface area (Å²) >= 11 is 0. The Balaban J connectivity index is 1.51. The van der Waals surface area contributed by atoms with Crippen molar-refractivity contribution in [2.75, 3.05) is 5.32 Å². The number of carbonyl (C=O) groups is 2. The van der Waals surface area contributed by atoms with Gasteiger partial charge in [-0.15, -0.1) is 0 Å². The Morgan fingerprint density at radius 2 is 1.57 bits per heavy atom. The molecule has 30 heavy (non-hydrogen) atoms. The summed E-state index contributed by atoms with van der Waals surface area (Å²) in [6.07, 6.45) is 5.80. The highest BCUT2D eigenvalue weighted by molar-refractivity contribution is 7.89. The Hall–Kier alpha value is -2.71. The quantitative estimate of drug-likeness (QED) is 0.598. The molecule has 0 aromatic heterocycles. The molecular weight excluding hydrogens is 402 g/mol. The number of amides is 2. The van der Waals surface area contributed by atoms with E-state index < -0.39 is 15.9 Å². The van der Waals surface area contributed by atoms with Crippen LogP contribution < -0.4 is 15.8 Å². The van der Waals surface area contributed by atoms with E-state index in [-0.39, 0.29) is 23.3 Å². The second-order valence-corrected chi connectivity index (χ2v) is 9.30. The Labute approximate surface area is 177 Å². The van der Waals surface area contributed by atoms with Crippen molar-refractivity contribution in [2.45, 2.75) is 55.9 Å². The summed E-state index contributed by atoms with van der Waals surface area (Å²) in [6.45, 7) is 0. The van der Waals surface area contributed by atoms with Crippen LogP contribution in [-0.4, -0.2) is 26.3 Å². The Morgan fingerprint density at radius 1 is 0.933 bits per heavy atom. The zero-order chi connectivity index (χ0) is 21.6. The second kappa shape index (κ2) is 9.86. The van der Waals surface area contributed by atoms with Gasteiger partial charge < -0.3 is 11.1 Å². The minimum Gasteiger partial charge on any atom is -0.366 e. The fourth-order valence-electron chi connectivity index (χ4n) is 3.54. The van der Waals surface area contributed by atoms with Gasteiger partial charge in [0.15, 0.2) is 0 Å². The number of primary amides is 1. The Kier molecular flexibility index (Phi) is 7.23. The Bertz CT molecular complexity index is 980. The highest BCUT2D eigenvalue weighted by Crippen LogP contribution is 2.20. The van der Waals surface area contributed by atoms with E-state index in [0.29, 0.717) is 17.7 Å². The van der Waals surface area contributed by atoms with Crippen LogP contribution in [0.5, 0.6) is 0 Å². The van der Waals surface area contributed by atoms with Gasteiger partial charge in [0.1, 0.15) is 0 Å². The van der Waals surface area contributed by atoms with Crippen molar-refractivity contribution in [1.82, 2.24) is 4.72 Å². The van der Waals surface area contributed by atoms with Crippen LogP contribution >= 0.6 is 0 Å². The molecule has 2 aromatic rings. The first-order valence-corrected chi connectivity index (χ1v) is 11.6. The van der Waals surface area contributed by atoms with E-state index in [2.05, 4.69) is 10.0 Å². The van der Waals surface area contributed by atoms with Gasteiger partial charge in [-0.05, 0) is 61.2 Å². The van der Waals surface area contributed by atoms with E-state index in [9.17, 15) is 18.0 Å². The standard InChI is InChI=1S/C22H27N3O4S/c23-22(27)17-9-11-18(12-10-17)24-21(26)15-8-16-6-13-20(14-7-16)30(28,29)25-19-4-2-1-3-5-19/h6-7,9-14,19,25H,1-5,8,15H2,(H2,23,27)(H,24,26). The number of benzene rings is 2. The maximum absolute atomic E-state index is 12.5. The maximum atomic E-state index is 12.5. The van der Waals surface area contributed by atoms with E-state index in [1.165, 1.54) is 6.42 Å². The summed E-state index contributed by atoms with van der Waals surface area (Å²) in [5.74, 6) is -0.690. The summed E-state index contributed by atoms with van der Waals surface area (Å²) in [4.78, 5) is 23.5. The molecule has 1 saturated carbocycles. The van der Waals surface area contributed by atoms with Crippen LogP contribution in [0.3, 0.4) is 0 Å². The summed E-state index contributed by atoms with van der Waals surface area (Å²) in [6, 6.07) is 13.0. The molecule has 0 atom stereocenters. The lowest BCUT2D eigenvalue weighted by molar-refractivity contribution is -0.116. The predicted molar refractivity (Wildman–Crippen MR) is 116 cm³/mol. The van der Waals surface area contributed by atoms with Gasteiger partial charge in [0.2, 0.25) is 21.8 Å². The van der Waals surface area contributed by atoms with E-state index in [1.807, 2.05) is 0 Å². The Morgan fingerprint density at radius 3 is 2.17 bits per heavy atom. The van der Waals surface area contributed by atoms with Crippen LogP contribution in [0.15, 0.2) is 53.4 Å². The van der Waals surface area contributed by atoms with Crippen molar-refractivity contribution in [2.24, 2.45) is 5.73 Å². The van der Waals surface area contributed by atoms with E-state index in [4.69, 9.17) is 5.73 Å². The third-order valence-corrected chi connectivity index (χ3v) is 6.79. The van der Waals surface area contributed by atoms with Gasteiger partial charge in [-0.3, -0.25) is 9.59 Å². The van der Waals surface area contributed by atoms with Crippen LogP contribution in [-0.2, 0) is 21.2 Å². The van der Waals surface area contributed by atoms with Gasteiger partial charge in [0.25, 0.3) is 0 Å². The van der Waals surface area contributed by atoms with Crippen molar-refractivity contribution < 1.29 is 18.0 Å². The van der Waals surface area contributed by atoms with Gasteiger partial charge in [0, 0.05) is 23.7 Å². The normalized spacial score (nSPS) is 14.9. The monoisotopic (exact) mass is 429 g/mol. The third-order valence-electron chi connectivity index (χ3n) is 5.25. The van der Waals surface area contributed by atoms with Crippen molar-refractivity contribution in [3.8, 4) is 0 Å². The van der Waals surface area contributed by atoms with E-state index in [1.54, 1.807) is 48.5 Å². The minimum atomic E-state index is -3.52. The zero-order valence-electron chi connectivity index (χ0n) is 16.8. The molecule has 0 heterocycles. The number of sulfonamides is 1. The number of nitrogens with one attached hydrogen (secondary N) is 2. The van der Waals surface area contributed by atoms with Gasteiger partial charge in [-0.25, -0.2) is 13.1 Å². The summed E-state index contributed by atoms with van der Waals surface area (Å²) in [7, 11) is -3.52. The molecule has 1 aliphatic rings. The number of hydrogen-bond donors (Lipinski definition) is 3. The second-order valence-electron chi connectivity index (χ2n) is 7.59. The van der Waals surface area contributed by atoms with Gasteiger partial charge in [0.05, 0.1) is 4.90 Å². The largest absolute Gasteiger partial charge is 0.366 e. The topological polar surface area (TPSA) is 118 Å². The number of anilines is 1. The zero-order valence-corrected chi connectivity index (χ0v) is 17.6. The molecule has 3 rings (SSSR count). The van der Waals surface area contributed by atoms with E-state index in [0.717, 1.165) is 31.2 Å². The molecule has 160 valence electrons. The molecule has 0 bridgehead atoms. The number of aryl methyl sites for hydroxylation is 1. The van der Waals surface area contributed by atoms with Crippen molar-refractivity contribution >= 4 is 27.5 Å². The number of nitrogens with two attached hydrogens (primary N) is 1. The molecule has 0 aliphatic heterocycles. The molecule has 2 aromatic carbocycles. The maximum Gasteiger partial charge on any atom is 0.248 e. The van der Waals surface area contributed by atoms with Gasteiger partial charge in [-0.2, -0.15) is 0 Å². The molecule has 0 unspecified atom stereocenters. The van der Waals surface area contributed by atoms with Gasteiger partial charge in [-0.1, -0.05) is 31.4 Å². The molecule has 1 fully saturated rings. The van der Waals surface area contributed by atoms with Crippen molar-refractivity contribution in [3.63, 3.8) is 0 Å². The summed E-state index contributed by atoms with van der Waals surface area (Å²) in [5, 5.41) is 2.76. The van der Waals surface area contributed by atoms with E-state index >= 15 is 0 Å². The average molecular weight is 430 g/mol. The average Bonchev–Trinajstić information content (AvgIpc) is 2.73. The lowest BCUT2D eigenvalue weighted by atomic mass is 9.96. The number of carbonyl (C=O) groups excluding carboxylic acids is 2. The molecule has 7 nitrogen and oxygen atoms in total. The van der Waals surface area contributed by atoms with Crippen molar-refractivity contribution in [1.29, 1.82) is 0 Å². The lowest BCUT2D eigenvalue weighted by Gasteiger charge is -2.22. The molecular formula is C22H27N3O4S. The summed E-state index contributed by atoms with van der Waals surface area (Å²) in [5.41, 5.74) is 7.03. The fraction of sp³-hybridized carbons (Fsp3) is 0.364. The molecule has 8 heteroatoms. The first-order chi connectivity index (χ1) is 14.3. The molecule has 1 aliphatic carbocycles. The van der Waals surface area contributed by atoms with Crippen LogP contribution in [0.2, 0.25) is 0 Å². The predicted octanol–water partition coefficient (Wildman–Crippen LogP) is 2.97. The fourth-order valence-corrected chi connectivity index (χ4v) is 4.85. The highest BCUT2D eigenvalue weighted by Gasteiger charge is 2.21. The first kappa shape index (κ1) is 22.0. The first-order valence-electron chi connectivity index (χ1n) is 10.1. The SMILES string of the molecule is NC(=O)c1ccc(NC(=O)CCc2ccc(S(=O)(=O)NC3CCCCC3)cc2)cc1. The van der Waals surface area contributed by atoms with Crippen LogP contribution in [0.4, 0.5) is 5.69 Å². The number of rotatable bonds is 8. The van der Waals surface area contributed by atoms with Gasteiger partial charge >= 0.3 is 0 Å². The number of hydrogen-bond acceptors (Lipinski definition) is 4. The molecule has 4 N–H and O–H groups in total. The van der Waals surface area contributed by atoms with Crippen LogP contribution in [0.1, 0.15) is 54.4 Å². The highest BCUT2D eigenvalue weighted by atomic mass is 32.2.